The Morgan fingerprint density at radius 1 is 1.12 bits per heavy atom. The van der Waals surface area contributed by atoms with Crippen LogP contribution in [0.15, 0.2) is 42.5 Å². The lowest BCUT2D eigenvalue weighted by Crippen LogP contribution is -2.06. The minimum absolute atomic E-state index is 0.0182. The van der Waals surface area contributed by atoms with Gasteiger partial charge in [-0.25, -0.2) is 4.79 Å². The molecule has 0 spiro atoms. The molecule has 0 aliphatic rings. The van der Waals surface area contributed by atoms with Crippen molar-refractivity contribution in [2.45, 2.75) is 20.0 Å². The number of carboxylic acid groups (broad SMARTS) is 1. The topological polar surface area (TPSA) is 81.8 Å². The number of hydrogen-bond acceptors (Lipinski definition) is 4. The first kappa shape index (κ1) is 17.4. The molecule has 0 aromatic heterocycles. The van der Waals surface area contributed by atoms with Gasteiger partial charge in [-0.05, 0) is 55.3 Å². The molecule has 0 aliphatic carbocycles. The van der Waals surface area contributed by atoms with Gasteiger partial charge >= 0.3 is 5.97 Å². The number of ether oxygens (including phenoxy) is 2. The lowest BCUT2D eigenvalue weighted by molar-refractivity contribution is -0.130. The molecular weight excluding hydrogens is 306 g/mol. The third-order valence-electron chi connectivity index (χ3n) is 3.31. The molecule has 0 amide bonds. The van der Waals surface area contributed by atoms with Gasteiger partial charge in [-0.2, -0.15) is 0 Å². The summed E-state index contributed by atoms with van der Waals surface area (Å²) in [6, 6.07) is 12.0. The van der Waals surface area contributed by atoms with Gasteiger partial charge in [-0.1, -0.05) is 18.2 Å². The molecule has 3 N–H and O–H groups in total. The summed E-state index contributed by atoms with van der Waals surface area (Å²) in [6.45, 7) is 3.85. The fourth-order valence-electron chi connectivity index (χ4n) is 2.22. The van der Waals surface area contributed by atoms with E-state index in [0.29, 0.717) is 28.3 Å². The monoisotopic (exact) mass is 327 g/mol. The number of carboxylic acids is 1. The van der Waals surface area contributed by atoms with Crippen LogP contribution in [0.25, 0.3) is 11.6 Å². The van der Waals surface area contributed by atoms with Gasteiger partial charge < -0.3 is 20.3 Å². The van der Waals surface area contributed by atoms with Crippen LogP contribution in [-0.2, 0) is 4.79 Å². The molecular formula is C19H21NO4. The highest BCUT2D eigenvalue weighted by Gasteiger charge is 2.12. The first-order valence-corrected chi connectivity index (χ1v) is 7.56. The van der Waals surface area contributed by atoms with Crippen LogP contribution in [0.2, 0.25) is 0 Å². The van der Waals surface area contributed by atoms with Crippen molar-refractivity contribution in [3.63, 3.8) is 0 Å². The van der Waals surface area contributed by atoms with Crippen molar-refractivity contribution in [1.82, 2.24) is 0 Å². The van der Waals surface area contributed by atoms with E-state index < -0.39 is 5.97 Å². The molecule has 0 unspecified atom stereocenters. The van der Waals surface area contributed by atoms with Gasteiger partial charge in [-0.3, -0.25) is 0 Å². The maximum Gasteiger partial charge on any atom is 0.336 e. The molecule has 24 heavy (non-hydrogen) atoms. The molecule has 0 radical (unpaired) electrons. The van der Waals surface area contributed by atoms with E-state index in [-0.39, 0.29) is 11.7 Å². The lowest BCUT2D eigenvalue weighted by Gasteiger charge is -2.14. The number of nitrogens with two attached hydrogens (primary N) is 1. The van der Waals surface area contributed by atoms with Gasteiger partial charge in [0, 0.05) is 5.69 Å². The summed E-state index contributed by atoms with van der Waals surface area (Å²) in [6.07, 6.45) is 1.61. The zero-order valence-corrected chi connectivity index (χ0v) is 13.9. The molecule has 0 atom stereocenters. The van der Waals surface area contributed by atoms with E-state index >= 15 is 0 Å². The Morgan fingerprint density at radius 2 is 1.79 bits per heavy atom. The number of benzene rings is 2. The fourth-order valence-corrected chi connectivity index (χ4v) is 2.22. The van der Waals surface area contributed by atoms with Gasteiger partial charge in [0.25, 0.3) is 0 Å². The SMILES string of the molecule is COc1cc(/C=C(\C(=O)O)c2ccc(N)cc2)ccc1OC(C)C. The first-order chi connectivity index (χ1) is 11.4. The van der Waals surface area contributed by atoms with Crippen LogP contribution in [0.4, 0.5) is 5.69 Å². The molecule has 2 aromatic carbocycles. The quantitative estimate of drug-likeness (QED) is 0.480. The predicted octanol–water partition coefficient (Wildman–Crippen LogP) is 3.69. The minimum atomic E-state index is -1.01. The molecule has 2 rings (SSSR count). The van der Waals surface area contributed by atoms with Gasteiger partial charge in [0.15, 0.2) is 11.5 Å². The molecule has 126 valence electrons. The molecule has 0 fully saturated rings. The Kier molecular flexibility index (Phi) is 5.47. The lowest BCUT2D eigenvalue weighted by atomic mass is 10.0. The molecule has 0 saturated carbocycles. The molecule has 0 heterocycles. The molecule has 0 bridgehead atoms. The van der Waals surface area contributed by atoms with Crippen LogP contribution in [0.5, 0.6) is 11.5 Å². The van der Waals surface area contributed by atoms with Gasteiger partial charge in [0.2, 0.25) is 0 Å². The highest BCUT2D eigenvalue weighted by atomic mass is 16.5. The molecule has 0 saturated heterocycles. The van der Waals surface area contributed by atoms with Gasteiger partial charge in [0.05, 0.1) is 18.8 Å². The van der Waals surface area contributed by atoms with E-state index in [0.717, 1.165) is 0 Å². The van der Waals surface area contributed by atoms with Crippen LogP contribution >= 0.6 is 0 Å². The summed E-state index contributed by atoms with van der Waals surface area (Å²) in [7, 11) is 1.55. The van der Waals surface area contributed by atoms with E-state index in [1.165, 1.54) is 0 Å². The smallest absolute Gasteiger partial charge is 0.336 e. The maximum absolute atomic E-state index is 11.6. The average molecular weight is 327 g/mol. The van der Waals surface area contributed by atoms with Crippen molar-refractivity contribution in [1.29, 1.82) is 0 Å². The normalized spacial score (nSPS) is 11.4. The van der Waals surface area contributed by atoms with Crippen LogP contribution in [0.3, 0.4) is 0 Å². The zero-order valence-electron chi connectivity index (χ0n) is 13.9. The Bertz CT molecular complexity index is 748. The van der Waals surface area contributed by atoms with Crippen molar-refractivity contribution < 1.29 is 19.4 Å². The second kappa shape index (κ2) is 7.55. The number of hydrogen-bond donors (Lipinski definition) is 2. The average Bonchev–Trinajstić information content (AvgIpc) is 2.54. The highest BCUT2D eigenvalue weighted by molar-refractivity contribution is 6.20. The Balaban J connectivity index is 2.42. The Hall–Kier alpha value is -2.95. The highest BCUT2D eigenvalue weighted by Crippen LogP contribution is 2.30. The third kappa shape index (κ3) is 4.29. The van der Waals surface area contributed by atoms with Crippen LogP contribution < -0.4 is 15.2 Å². The Morgan fingerprint density at radius 3 is 2.33 bits per heavy atom. The van der Waals surface area contributed by atoms with Crippen LogP contribution in [0.1, 0.15) is 25.0 Å². The van der Waals surface area contributed by atoms with E-state index in [9.17, 15) is 9.90 Å². The number of carbonyl (C=O) groups is 1. The summed E-state index contributed by atoms with van der Waals surface area (Å²) < 4.78 is 11.0. The van der Waals surface area contributed by atoms with E-state index in [4.69, 9.17) is 15.2 Å². The molecule has 5 heteroatoms. The summed E-state index contributed by atoms with van der Waals surface area (Å²) in [5.41, 5.74) is 7.70. The number of aliphatic carboxylic acids is 1. The Labute approximate surface area is 141 Å². The van der Waals surface area contributed by atoms with Crippen molar-refractivity contribution in [3.05, 3.63) is 53.6 Å². The summed E-state index contributed by atoms with van der Waals surface area (Å²) in [5.74, 6) is 0.162. The summed E-state index contributed by atoms with van der Waals surface area (Å²) >= 11 is 0. The van der Waals surface area contributed by atoms with E-state index in [2.05, 4.69) is 0 Å². The van der Waals surface area contributed by atoms with Crippen LogP contribution in [0, 0.1) is 0 Å². The second-order valence-corrected chi connectivity index (χ2v) is 5.56. The zero-order chi connectivity index (χ0) is 17.7. The van der Waals surface area contributed by atoms with Gasteiger partial charge in [-0.15, -0.1) is 0 Å². The fraction of sp³-hybridized carbons (Fsp3) is 0.211. The predicted molar refractivity (Wildman–Crippen MR) is 95.1 cm³/mol. The van der Waals surface area contributed by atoms with E-state index in [1.807, 2.05) is 13.8 Å². The second-order valence-electron chi connectivity index (χ2n) is 5.56. The minimum Gasteiger partial charge on any atom is -0.493 e. The standard InChI is InChI=1S/C19H21NO4/c1-12(2)24-17-9-4-13(11-18(17)23-3)10-16(19(21)22)14-5-7-15(20)8-6-14/h4-12H,20H2,1-3H3,(H,21,22)/b16-10-. The van der Waals surface area contributed by atoms with Crippen LogP contribution in [-0.4, -0.2) is 24.3 Å². The van der Waals surface area contributed by atoms with E-state index in [1.54, 1.807) is 55.7 Å². The summed E-state index contributed by atoms with van der Waals surface area (Å²) in [4.78, 5) is 11.6. The van der Waals surface area contributed by atoms with Crippen molar-refractivity contribution in [3.8, 4) is 11.5 Å². The molecule has 2 aromatic rings. The number of anilines is 1. The molecule has 5 nitrogen and oxygen atoms in total. The number of nitrogen functional groups attached to an aromatic ring is 1. The summed E-state index contributed by atoms with van der Waals surface area (Å²) in [5, 5.41) is 9.50. The van der Waals surface area contributed by atoms with Crippen molar-refractivity contribution >= 4 is 23.3 Å². The first-order valence-electron chi connectivity index (χ1n) is 7.56. The number of rotatable bonds is 6. The van der Waals surface area contributed by atoms with Crippen molar-refractivity contribution in [2.24, 2.45) is 0 Å². The third-order valence-corrected chi connectivity index (χ3v) is 3.31. The maximum atomic E-state index is 11.6. The van der Waals surface area contributed by atoms with Gasteiger partial charge in [0.1, 0.15) is 0 Å². The number of methoxy groups -OCH3 is 1. The molecule has 0 aliphatic heterocycles. The van der Waals surface area contributed by atoms with Crippen molar-refractivity contribution in [2.75, 3.05) is 12.8 Å². The largest absolute Gasteiger partial charge is 0.493 e.